The molecule has 6 heteroatoms. The fraction of sp³-hybridized carbons (Fsp3) is 0.519. The largest absolute Gasteiger partial charge is 0.465 e. The molecule has 1 aliphatic carbocycles. The summed E-state index contributed by atoms with van der Waals surface area (Å²) in [7, 11) is 5.69. The quantitative estimate of drug-likeness (QED) is 0.507. The third kappa shape index (κ3) is 4.22. The number of nitrogens with zero attached hydrogens (tertiary/aromatic N) is 3. The van der Waals surface area contributed by atoms with Crippen molar-refractivity contribution in [3.05, 3.63) is 47.2 Å². The molecule has 1 aromatic carbocycles. The van der Waals surface area contributed by atoms with Gasteiger partial charge in [0.1, 0.15) is 0 Å². The third-order valence-electron chi connectivity index (χ3n) is 7.40. The van der Waals surface area contributed by atoms with E-state index in [0.717, 1.165) is 44.0 Å². The van der Waals surface area contributed by atoms with E-state index in [-0.39, 0.29) is 5.97 Å². The van der Waals surface area contributed by atoms with Crippen LogP contribution in [0.4, 0.5) is 0 Å². The molecule has 0 spiro atoms. The van der Waals surface area contributed by atoms with Gasteiger partial charge in [0, 0.05) is 49.2 Å². The maximum Gasteiger partial charge on any atom is 0.337 e. The van der Waals surface area contributed by atoms with E-state index in [0.29, 0.717) is 11.5 Å². The highest BCUT2D eigenvalue weighted by Gasteiger charge is 2.31. The lowest BCUT2D eigenvalue weighted by Gasteiger charge is -2.28. The number of furan rings is 1. The predicted molar refractivity (Wildman–Crippen MR) is 131 cm³/mol. The van der Waals surface area contributed by atoms with Crippen LogP contribution < -0.4 is 0 Å². The summed E-state index contributed by atoms with van der Waals surface area (Å²) in [6.07, 6.45) is 8.16. The molecule has 3 heterocycles. The second kappa shape index (κ2) is 9.35. The molecular weight excluding hydrogens is 414 g/mol. The van der Waals surface area contributed by atoms with E-state index in [4.69, 9.17) is 9.15 Å². The molecule has 6 nitrogen and oxygen atoms in total. The smallest absolute Gasteiger partial charge is 0.337 e. The predicted octanol–water partition coefficient (Wildman–Crippen LogP) is 5.11. The summed E-state index contributed by atoms with van der Waals surface area (Å²) in [6.45, 7) is 4.76. The Balaban J connectivity index is 1.68. The third-order valence-corrected chi connectivity index (χ3v) is 7.40. The van der Waals surface area contributed by atoms with Gasteiger partial charge in [-0.2, -0.15) is 0 Å². The highest BCUT2D eigenvalue weighted by Crippen LogP contribution is 2.45. The summed E-state index contributed by atoms with van der Waals surface area (Å²) in [4.78, 5) is 17.1. The lowest BCUT2D eigenvalue weighted by molar-refractivity contribution is 0.0601. The highest BCUT2D eigenvalue weighted by molar-refractivity contribution is 5.98. The van der Waals surface area contributed by atoms with Gasteiger partial charge in [-0.25, -0.2) is 4.79 Å². The van der Waals surface area contributed by atoms with Gasteiger partial charge in [-0.3, -0.25) is 4.90 Å². The zero-order valence-electron chi connectivity index (χ0n) is 20.1. The Morgan fingerprint density at radius 2 is 1.97 bits per heavy atom. The van der Waals surface area contributed by atoms with Crippen molar-refractivity contribution in [3.63, 3.8) is 0 Å². The van der Waals surface area contributed by atoms with Crippen molar-refractivity contribution >= 4 is 16.9 Å². The van der Waals surface area contributed by atoms with E-state index < -0.39 is 0 Å². The van der Waals surface area contributed by atoms with Gasteiger partial charge < -0.3 is 18.6 Å². The van der Waals surface area contributed by atoms with E-state index in [1.165, 1.54) is 61.4 Å². The number of likely N-dealkylation sites (N-methyl/N-ethyl adjacent to an activating group) is 1. The van der Waals surface area contributed by atoms with Crippen molar-refractivity contribution in [3.8, 4) is 11.5 Å². The van der Waals surface area contributed by atoms with Gasteiger partial charge in [-0.05, 0) is 56.6 Å². The van der Waals surface area contributed by atoms with Crippen LogP contribution in [-0.4, -0.2) is 61.2 Å². The SMILES string of the molecule is COC(=O)c1ccc2c(C3CCCCC3)c3n(c2c1)CCN(CCN(C)C)Cc1ccoc1-3. The summed E-state index contributed by atoms with van der Waals surface area (Å²) in [5, 5.41) is 1.26. The molecule has 1 saturated carbocycles. The number of hydrogen-bond acceptors (Lipinski definition) is 5. The molecule has 0 atom stereocenters. The van der Waals surface area contributed by atoms with Crippen molar-refractivity contribution in [2.45, 2.75) is 51.1 Å². The van der Waals surface area contributed by atoms with Crippen molar-refractivity contribution < 1.29 is 13.9 Å². The molecule has 0 amide bonds. The number of benzene rings is 1. The molecule has 5 rings (SSSR count). The van der Waals surface area contributed by atoms with Crippen LogP contribution in [0.3, 0.4) is 0 Å². The Kier molecular flexibility index (Phi) is 6.30. The minimum atomic E-state index is -0.288. The van der Waals surface area contributed by atoms with E-state index in [9.17, 15) is 4.79 Å². The normalized spacial score (nSPS) is 17.6. The zero-order chi connectivity index (χ0) is 22.9. The number of hydrogen-bond donors (Lipinski definition) is 0. The number of aromatic nitrogens is 1. The summed E-state index contributed by atoms with van der Waals surface area (Å²) in [5.74, 6) is 1.24. The molecule has 0 N–H and O–H groups in total. The van der Waals surface area contributed by atoms with Crippen LogP contribution in [0.1, 0.15) is 59.5 Å². The van der Waals surface area contributed by atoms with Gasteiger partial charge in [-0.15, -0.1) is 0 Å². The Hall–Kier alpha value is -2.57. The van der Waals surface area contributed by atoms with E-state index in [1.807, 2.05) is 18.4 Å². The molecule has 2 aromatic heterocycles. The first-order chi connectivity index (χ1) is 16.1. The number of fused-ring (bicyclic) bond motifs is 5. The summed E-state index contributed by atoms with van der Waals surface area (Å²) in [5.41, 5.74) is 5.62. The molecular formula is C27H35N3O3. The summed E-state index contributed by atoms with van der Waals surface area (Å²) >= 11 is 0. The standard InChI is InChI=1S/C27H35N3O3/c1-28(2)12-13-29-14-15-30-23-17-20(27(31)32-3)9-10-22(23)24(19-7-5-4-6-8-19)25(30)26-21(18-29)11-16-33-26/h9-11,16-17,19H,4-8,12-15,18H2,1-3H3. The summed E-state index contributed by atoms with van der Waals surface area (Å²) < 4.78 is 13.6. The maximum absolute atomic E-state index is 12.4. The van der Waals surface area contributed by atoms with Gasteiger partial charge in [0.2, 0.25) is 0 Å². The molecule has 33 heavy (non-hydrogen) atoms. The van der Waals surface area contributed by atoms with Crippen molar-refractivity contribution in [1.29, 1.82) is 0 Å². The fourth-order valence-electron chi connectivity index (χ4n) is 5.66. The maximum atomic E-state index is 12.4. The Morgan fingerprint density at radius 1 is 1.15 bits per heavy atom. The zero-order valence-corrected chi connectivity index (χ0v) is 20.1. The Bertz CT molecular complexity index is 1140. The van der Waals surface area contributed by atoms with E-state index in [1.54, 1.807) is 0 Å². The van der Waals surface area contributed by atoms with Crippen LogP contribution >= 0.6 is 0 Å². The lowest BCUT2D eigenvalue weighted by Crippen LogP contribution is -2.34. The first kappa shape index (κ1) is 22.2. The number of carbonyl (C=O) groups is 1. The Morgan fingerprint density at radius 3 is 2.73 bits per heavy atom. The number of methoxy groups -OCH3 is 1. The topological polar surface area (TPSA) is 50.9 Å². The average molecular weight is 450 g/mol. The number of esters is 1. The molecule has 0 radical (unpaired) electrons. The van der Waals surface area contributed by atoms with Gasteiger partial charge in [0.25, 0.3) is 0 Å². The minimum Gasteiger partial charge on any atom is -0.465 e. The van der Waals surface area contributed by atoms with Gasteiger partial charge in [0.15, 0.2) is 5.76 Å². The van der Waals surface area contributed by atoms with Crippen LogP contribution in [0.2, 0.25) is 0 Å². The molecule has 3 aromatic rings. The molecule has 1 fully saturated rings. The van der Waals surface area contributed by atoms with Crippen molar-refractivity contribution in [1.82, 2.24) is 14.4 Å². The van der Waals surface area contributed by atoms with Crippen LogP contribution in [0, 0.1) is 0 Å². The van der Waals surface area contributed by atoms with Crippen molar-refractivity contribution in [2.24, 2.45) is 0 Å². The number of ether oxygens (including phenoxy) is 1. The van der Waals surface area contributed by atoms with E-state index in [2.05, 4.69) is 40.6 Å². The van der Waals surface area contributed by atoms with Crippen LogP contribution in [-0.2, 0) is 17.8 Å². The number of rotatable bonds is 5. The van der Waals surface area contributed by atoms with Crippen LogP contribution in [0.15, 0.2) is 34.9 Å². The second-order valence-electron chi connectivity index (χ2n) is 9.83. The molecule has 176 valence electrons. The molecule has 0 saturated heterocycles. The molecule has 0 unspecified atom stereocenters. The second-order valence-corrected chi connectivity index (χ2v) is 9.83. The average Bonchev–Trinajstić information content (AvgIpc) is 3.40. The lowest BCUT2D eigenvalue weighted by atomic mass is 9.82. The minimum absolute atomic E-state index is 0.288. The summed E-state index contributed by atoms with van der Waals surface area (Å²) in [6, 6.07) is 8.21. The number of carbonyl (C=O) groups excluding carboxylic acids is 1. The van der Waals surface area contributed by atoms with Crippen LogP contribution in [0.25, 0.3) is 22.4 Å². The molecule has 0 bridgehead atoms. The van der Waals surface area contributed by atoms with Gasteiger partial charge in [-0.1, -0.05) is 25.3 Å². The molecule has 1 aliphatic heterocycles. The van der Waals surface area contributed by atoms with Crippen molar-refractivity contribution in [2.75, 3.05) is 40.8 Å². The van der Waals surface area contributed by atoms with Gasteiger partial charge in [0.05, 0.1) is 24.6 Å². The van der Waals surface area contributed by atoms with Crippen LogP contribution in [0.5, 0.6) is 0 Å². The Labute approximate surface area is 196 Å². The monoisotopic (exact) mass is 449 g/mol. The first-order valence-corrected chi connectivity index (χ1v) is 12.2. The molecule has 2 aliphatic rings. The highest BCUT2D eigenvalue weighted by atomic mass is 16.5. The first-order valence-electron chi connectivity index (χ1n) is 12.2. The van der Waals surface area contributed by atoms with Gasteiger partial charge >= 0.3 is 5.97 Å². The fourth-order valence-corrected chi connectivity index (χ4v) is 5.66. The van der Waals surface area contributed by atoms with E-state index >= 15 is 0 Å².